The molecular weight excluding hydrogens is 360 g/mol. The van der Waals surface area contributed by atoms with Crippen LogP contribution in [0.5, 0.6) is 17.2 Å². The summed E-state index contributed by atoms with van der Waals surface area (Å²) in [7, 11) is 1.86. The van der Waals surface area contributed by atoms with Crippen LogP contribution in [-0.4, -0.2) is 42.7 Å². The van der Waals surface area contributed by atoms with Crippen molar-refractivity contribution in [3.05, 3.63) is 42.0 Å². The van der Waals surface area contributed by atoms with Crippen molar-refractivity contribution < 1.29 is 27.4 Å². The van der Waals surface area contributed by atoms with Crippen LogP contribution in [0.3, 0.4) is 0 Å². The Kier molecular flexibility index (Phi) is 6.06. The van der Waals surface area contributed by atoms with E-state index in [0.29, 0.717) is 17.2 Å². The zero-order valence-electron chi connectivity index (χ0n) is 14.8. The summed E-state index contributed by atoms with van der Waals surface area (Å²) in [6.45, 7) is 0. The third-order valence-corrected chi connectivity index (χ3v) is 5.06. The number of carbonyl (C=O) groups excluding carboxylic acids is 1. The Morgan fingerprint density at radius 3 is 2.08 bits per heavy atom. The molecule has 8 nitrogen and oxygen atoms in total. The maximum absolute atomic E-state index is 12.5. The van der Waals surface area contributed by atoms with Crippen LogP contribution in [0.4, 0.5) is 5.69 Å². The minimum atomic E-state index is -3.78. The maximum Gasteiger partial charge on any atom is 0.255 e. The van der Waals surface area contributed by atoms with Crippen LogP contribution in [0, 0.1) is 0 Å². The molecular formula is C17H20N2O6S. The molecule has 0 unspecified atom stereocenters. The number of carbonyl (C=O) groups is 1. The first kappa shape index (κ1) is 19.5. The Labute approximate surface area is 152 Å². The SMILES string of the molecule is CNS(=O)(=O)c1cc(C(=O)Nc2ccc(OC)c(OC)c2)ccc1OC. The van der Waals surface area contributed by atoms with Gasteiger partial charge >= 0.3 is 0 Å². The Balaban J connectivity index is 2.34. The number of sulfonamides is 1. The monoisotopic (exact) mass is 380 g/mol. The first-order valence-electron chi connectivity index (χ1n) is 7.51. The topological polar surface area (TPSA) is 103 Å². The molecule has 2 aromatic rings. The highest BCUT2D eigenvalue weighted by Crippen LogP contribution is 2.30. The molecule has 0 heterocycles. The van der Waals surface area contributed by atoms with Crippen molar-refractivity contribution in [2.75, 3.05) is 33.7 Å². The lowest BCUT2D eigenvalue weighted by Gasteiger charge is -2.12. The Morgan fingerprint density at radius 1 is 0.885 bits per heavy atom. The van der Waals surface area contributed by atoms with Crippen LogP contribution in [0.15, 0.2) is 41.3 Å². The van der Waals surface area contributed by atoms with Gasteiger partial charge < -0.3 is 19.5 Å². The van der Waals surface area contributed by atoms with E-state index >= 15 is 0 Å². The molecule has 0 atom stereocenters. The summed E-state index contributed by atoms with van der Waals surface area (Å²) in [6.07, 6.45) is 0. The van der Waals surface area contributed by atoms with Crippen molar-refractivity contribution in [2.24, 2.45) is 0 Å². The van der Waals surface area contributed by atoms with Crippen LogP contribution < -0.4 is 24.2 Å². The van der Waals surface area contributed by atoms with E-state index in [9.17, 15) is 13.2 Å². The van der Waals surface area contributed by atoms with E-state index in [2.05, 4.69) is 10.0 Å². The summed E-state index contributed by atoms with van der Waals surface area (Å²) in [5, 5.41) is 2.69. The minimum Gasteiger partial charge on any atom is -0.495 e. The first-order valence-corrected chi connectivity index (χ1v) is 8.99. The molecule has 26 heavy (non-hydrogen) atoms. The summed E-state index contributed by atoms with van der Waals surface area (Å²) in [5.41, 5.74) is 0.635. The number of hydrogen-bond donors (Lipinski definition) is 2. The van der Waals surface area contributed by atoms with Crippen molar-refractivity contribution in [1.82, 2.24) is 4.72 Å². The second kappa shape index (κ2) is 8.07. The van der Waals surface area contributed by atoms with Gasteiger partial charge in [-0.3, -0.25) is 4.79 Å². The number of ether oxygens (including phenoxy) is 3. The van der Waals surface area contributed by atoms with E-state index in [1.807, 2.05) is 0 Å². The smallest absolute Gasteiger partial charge is 0.255 e. The second-order valence-corrected chi connectivity index (χ2v) is 6.95. The molecule has 0 radical (unpaired) electrons. The standard InChI is InChI=1S/C17H20N2O6S/c1-18-26(21,22)16-9-11(5-7-14(16)24-3)17(20)19-12-6-8-13(23-2)15(10-12)25-4/h5-10,18H,1-4H3,(H,19,20). The highest BCUT2D eigenvalue weighted by molar-refractivity contribution is 7.89. The summed E-state index contributed by atoms with van der Waals surface area (Å²) in [4.78, 5) is 12.4. The van der Waals surface area contributed by atoms with E-state index in [0.717, 1.165) is 0 Å². The van der Waals surface area contributed by atoms with Gasteiger partial charge in [-0.25, -0.2) is 13.1 Å². The quantitative estimate of drug-likeness (QED) is 0.760. The van der Waals surface area contributed by atoms with E-state index in [1.165, 1.54) is 46.6 Å². The molecule has 0 saturated carbocycles. The summed E-state index contributed by atoms with van der Waals surface area (Å²) in [6, 6.07) is 9.05. The number of amides is 1. The predicted molar refractivity (Wildman–Crippen MR) is 96.7 cm³/mol. The number of nitrogens with one attached hydrogen (secondary N) is 2. The fourth-order valence-corrected chi connectivity index (χ4v) is 3.17. The molecule has 0 saturated heterocycles. The number of hydrogen-bond acceptors (Lipinski definition) is 6. The van der Waals surface area contributed by atoms with Gasteiger partial charge in [0.05, 0.1) is 21.3 Å². The zero-order valence-corrected chi connectivity index (χ0v) is 15.6. The van der Waals surface area contributed by atoms with Crippen molar-refractivity contribution in [2.45, 2.75) is 4.90 Å². The molecule has 2 N–H and O–H groups in total. The molecule has 2 aromatic carbocycles. The molecule has 0 aromatic heterocycles. The van der Waals surface area contributed by atoms with Crippen LogP contribution in [0.1, 0.15) is 10.4 Å². The van der Waals surface area contributed by atoms with Crippen LogP contribution in [0.25, 0.3) is 0 Å². The van der Waals surface area contributed by atoms with Gasteiger partial charge in [0.2, 0.25) is 10.0 Å². The van der Waals surface area contributed by atoms with Crippen LogP contribution in [-0.2, 0) is 10.0 Å². The average molecular weight is 380 g/mol. The van der Waals surface area contributed by atoms with Gasteiger partial charge in [-0.15, -0.1) is 0 Å². The summed E-state index contributed by atoms with van der Waals surface area (Å²) in [5.74, 6) is 0.644. The lowest BCUT2D eigenvalue weighted by molar-refractivity contribution is 0.102. The normalized spacial score (nSPS) is 10.9. The van der Waals surface area contributed by atoms with Crippen LogP contribution >= 0.6 is 0 Å². The molecule has 0 aliphatic heterocycles. The van der Waals surface area contributed by atoms with Crippen LogP contribution in [0.2, 0.25) is 0 Å². The predicted octanol–water partition coefficient (Wildman–Crippen LogP) is 1.87. The van der Waals surface area contributed by atoms with Gasteiger partial charge in [0.25, 0.3) is 5.91 Å². The molecule has 0 aliphatic rings. The Hall–Kier alpha value is -2.78. The Bertz CT molecular complexity index is 911. The maximum atomic E-state index is 12.5. The van der Waals surface area contributed by atoms with Gasteiger partial charge in [0.15, 0.2) is 11.5 Å². The largest absolute Gasteiger partial charge is 0.495 e. The number of benzene rings is 2. The lowest BCUT2D eigenvalue weighted by atomic mass is 10.2. The second-order valence-electron chi connectivity index (χ2n) is 5.10. The van der Waals surface area contributed by atoms with Gasteiger partial charge in [-0.05, 0) is 37.4 Å². The van der Waals surface area contributed by atoms with Crippen molar-refractivity contribution in [1.29, 1.82) is 0 Å². The highest BCUT2D eigenvalue weighted by Gasteiger charge is 2.20. The molecule has 140 valence electrons. The summed E-state index contributed by atoms with van der Waals surface area (Å²) >= 11 is 0. The van der Waals surface area contributed by atoms with E-state index in [-0.39, 0.29) is 16.2 Å². The van der Waals surface area contributed by atoms with Gasteiger partial charge in [-0.2, -0.15) is 0 Å². The van der Waals surface area contributed by atoms with Gasteiger partial charge in [-0.1, -0.05) is 0 Å². The molecule has 1 amide bonds. The fourth-order valence-electron chi connectivity index (χ4n) is 2.26. The number of anilines is 1. The van der Waals surface area contributed by atoms with Gasteiger partial charge in [0.1, 0.15) is 10.6 Å². The van der Waals surface area contributed by atoms with E-state index in [4.69, 9.17) is 14.2 Å². The highest BCUT2D eigenvalue weighted by atomic mass is 32.2. The van der Waals surface area contributed by atoms with E-state index < -0.39 is 15.9 Å². The Morgan fingerprint density at radius 2 is 1.50 bits per heavy atom. The minimum absolute atomic E-state index is 0.123. The molecule has 2 rings (SSSR count). The molecule has 0 aliphatic carbocycles. The van der Waals surface area contributed by atoms with E-state index in [1.54, 1.807) is 18.2 Å². The third kappa shape index (κ3) is 4.06. The molecule has 0 bridgehead atoms. The fraction of sp³-hybridized carbons (Fsp3) is 0.235. The zero-order chi connectivity index (χ0) is 19.3. The van der Waals surface area contributed by atoms with Crippen molar-refractivity contribution >= 4 is 21.6 Å². The molecule has 0 spiro atoms. The number of methoxy groups -OCH3 is 3. The van der Waals surface area contributed by atoms with Gasteiger partial charge in [0, 0.05) is 17.3 Å². The average Bonchev–Trinajstić information content (AvgIpc) is 2.67. The third-order valence-electron chi connectivity index (χ3n) is 3.63. The number of rotatable bonds is 7. The molecule has 0 fully saturated rings. The van der Waals surface area contributed by atoms with Crippen molar-refractivity contribution in [3.63, 3.8) is 0 Å². The summed E-state index contributed by atoms with van der Waals surface area (Å²) < 4.78 is 41.8. The molecule has 9 heteroatoms. The lowest BCUT2D eigenvalue weighted by Crippen LogP contribution is -2.20. The van der Waals surface area contributed by atoms with Crippen molar-refractivity contribution in [3.8, 4) is 17.2 Å². The first-order chi connectivity index (χ1) is 12.4.